The van der Waals surface area contributed by atoms with Crippen molar-refractivity contribution in [3.05, 3.63) is 59.7 Å². The minimum Gasteiger partial charge on any atom is -0.364 e. The van der Waals surface area contributed by atoms with Crippen molar-refractivity contribution in [3.8, 4) is 11.8 Å². The number of amides is 2. The van der Waals surface area contributed by atoms with E-state index in [9.17, 15) is 9.59 Å². The molecule has 0 radical (unpaired) electrons. The van der Waals surface area contributed by atoms with Gasteiger partial charge in [0.1, 0.15) is 0 Å². The van der Waals surface area contributed by atoms with E-state index in [1.165, 1.54) is 12.5 Å². The normalized spacial score (nSPS) is 12.7. The molecule has 0 saturated carbocycles. The van der Waals surface area contributed by atoms with E-state index in [-0.39, 0.29) is 11.8 Å². The molecule has 1 heterocycles. The Bertz CT molecular complexity index is 894. The zero-order chi connectivity index (χ0) is 19.2. The van der Waals surface area contributed by atoms with Gasteiger partial charge >= 0.3 is 0 Å². The quantitative estimate of drug-likeness (QED) is 0.855. The van der Waals surface area contributed by atoms with Crippen LogP contribution in [-0.2, 0) is 16.1 Å². The van der Waals surface area contributed by atoms with Gasteiger partial charge in [0, 0.05) is 39.0 Å². The molecule has 0 atom stereocenters. The van der Waals surface area contributed by atoms with Gasteiger partial charge in [-0.05, 0) is 29.8 Å². The Balaban J connectivity index is 1.69. The Morgan fingerprint density at radius 1 is 1.00 bits per heavy atom. The monoisotopic (exact) mass is 361 g/mol. The first kappa shape index (κ1) is 18.5. The molecule has 0 aromatic heterocycles. The van der Waals surface area contributed by atoms with Crippen LogP contribution in [0.4, 0.5) is 11.4 Å². The number of fused-ring (bicyclic) bond motifs is 1. The van der Waals surface area contributed by atoms with Gasteiger partial charge in [-0.25, -0.2) is 0 Å². The summed E-state index contributed by atoms with van der Waals surface area (Å²) < 4.78 is 0. The van der Waals surface area contributed by atoms with Crippen molar-refractivity contribution in [1.82, 2.24) is 5.32 Å². The molecular formula is C22H23N3O2. The third-order valence-electron chi connectivity index (χ3n) is 4.47. The number of hydrogen-bond donors (Lipinski definition) is 1. The van der Waals surface area contributed by atoms with E-state index in [2.05, 4.69) is 40.3 Å². The van der Waals surface area contributed by atoms with Crippen molar-refractivity contribution in [1.29, 1.82) is 0 Å². The molecule has 3 rings (SSSR count). The summed E-state index contributed by atoms with van der Waals surface area (Å²) in [6.45, 7) is 5.72. The Morgan fingerprint density at radius 3 is 2.37 bits per heavy atom. The number of para-hydroxylation sites is 2. The Kier molecular flexibility index (Phi) is 5.77. The molecule has 138 valence electrons. The highest BCUT2D eigenvalue weighted by Crippen LogP contribution is 2.33. The van der Waals surface area contributed by atoms with Crippen LogP contribution < -0.4 is 15.1 Å². The van der Waals surface area contributed by atoms with Crippen molar-refractivity contribution in [3.63, 3.8) is 0 Å². The molecule has 2 aromatic carbocycles. The number of carbonyl (C=O) groups is 2. The van der Waals surface area contributed by atoms with Crippen LogP contribution in [0.25, 0.3) is 0 Å². The molecule has 1 aliphatic heterocycles. The summed E-state index contributed by atoms with van der Waals surface area (Å²) in [4.78, 5) is 26.8. The molecule has 0 aliphatic carbocycles. The average Bonchev–Trinajstić information content (AvgIpc) is 2.66. The largest absolute Gasteiger partial charge is 0.364 e. The average molecular weight is 361 g/mol. The highest BCUT2D eigenvalue weighted by atomic mass is 16.2. The SMILES string of the molecule is CC(=O)NCC#Cc1ccc(CN2CCN(C(C)=O)c3ccccc32)cc1. The number of carbonyl (C=O) groups excluding carboxylic acids is 2. The maximum Gasteiger partial charge on any atom is 0.223 e. The predicted molar refractivity (Wildman–Crippen MR) is 108 cm³/mol. The first-order chi connectivity index (χ1) is 13.0. The lowest BCUT2D eigenvalue weighted by Gasteiger charge is -2.37. The molecule has 0 unspecified atom stereocenters. The fourth-order valence-electron chi connectivity index (χ4n) is 3.14. The van der Waals surface area contributed by atoms with Crippen LogP contribution in [0.3, 0.4) is 0 Å². The highest BCUT2D eigenvalue weighted by molar-refractivity contribution is 5.96. The minimum absolute atomic E-state index is 0.0734. The molecule has 2 aromatic rings. The molecule has 0 fully saturated rings. The van der Waals surface area contributed by atoms with E-state index < -0.39 is 0 Å². The summed E-state index contributed by atoms with van der Waals surface area (Å²) in [5, 5.41) is 2.66. The molecule has 0 saturated heterocycles. The second kappa shape index (κ2) is 8.41. The number of hydrogen-bond acceptors (Lipinski definition) is 3. The lowest BCUT2D eigenvalue weighted by Crippen LogP contribution is -2.42. The third-order valence-corrected chi connectivity index (χ3v) is 4.47. The van der Waals surface area contributed by atoms with Gasteiger partial charge in [0.25, 0.3) is 0 Å². The van der Waals surface area contributed by atoms with Gasteiger partial charge in [-0.1, -0.05) is 36.1 Å². The third kappa shape index (κ3) is 4.68. The zero-order valence-corrected chi connectivity index (χ0v) is 15.7. The predicted octanol–water partition coefficient (Wildman–Crippen LogP) is 2.55. The van der Waals surface area contributed by atoms with E-state index in [4.69, 9.17) is 0 Å². The van der Waals surface area contributed by atoms with E-state index >= 15 is 0 Å². The Hall–Kier alpha value is -3.26. The molecule has 27 heavy (non-hydrogen) atoms. The molecule has 0 spiro atoms. The Labute approximate surface area is 160 Å². The van der Waals surface area contributed by atoms with E-state index in [1.807, 2.05) is 35.2 Å². The van der Waals surface area contributed by atoms with Crippen LogP contribution in [0.15, 0.2) is 48.5 Å². The highest BCUT2D eigenvalue weighted by Gasteiger charge is 2.24. The van der Waals surface area contributed by atoms with Crippen LogP contribution in [0.1, 0.15) is 25.0 Å². The summed E-state index contributed by atoms with van der Waals surface area (Å²) in [6, 6.07) is 16.2. The van der Waals surface area contributed by atoms with Gasteiger partial charge in [-0.15, -0.1) is 0 Å². The van der Waals surface area contributed by atoms with Crippen LogP contribution in [-0.4, -0.2) is 31.4 Å². The van der Waals surface area contributed by atoms with Crippen LogP contribution in [0.5, 0.6) is 0 Å². The van der Waals surface area contributed by atoms with Gasteiger partial charge in [0.05, 0.1) is 17.9 Å². The van der Waals surface area contributed by atoms with Crippen LogP contribution in [0.2, 0.25) is 0 Å². The lowest BCUT2D eigenvalue weighted by molar-refractivity contribution is -0.119. The molecule has 1 aliphatic rings. The topological polar surface area (TPSA) is 52.7 Å². The molecule has 5 heteroatoms. The molecule has 1 N–H and O–H groups in total. The number of nitrogens with one attached hydrogen (secondary N) is 1. The zero-order valence-electron chi connectivity index (χ0n) is 15.7. The van der Waals surface area contributed by atoms with E-state index in [1.54, 1.807) is 6.92 Å². The van der Waals surface area contributed by atoms with Gasteiger partial charge in [0.15, 0.2) is 0 Å². The standard InChI is InChI=1S/C22H23N3O2/c1-17(26)23-13-5-6-19-9-11-20(12-10-19)16-24-14-15-25(18(2)27)22-8-4-3-7-21(22)24/h3-4,7-12H,13-16H2,1-2H3,(H,23,26). The molecule has 0 bridgehead atoms. The number of nitrogens with zero attached hydrogens (tertiary/aromatic N) is 2. The van der Waals surface area contributed by atoms with Gasteiger partial charge in [-0.3, -0.25) is 9.59 Å². The summed E-state index contributed by atoms with van der Waals surface area (Å²) >= 11 is 0. The summed E-state index contributed by atoms with van der Waals surface area (Å²) in [5.74, 6) is 5.97. The number of rotatable bonds is 3. The van der Waals surface area contributed by atoms with Crippen molar-refractivity contribution in [2.45, 2.75) is 20.4 Å². The fraction of sp³-hybridized carbons (Fsp3) is 0.273. The second-order valence-corrected chi connectivity index (χ2v) is 6.49. The lowest BCUT2D eigenvalue weighted by atomic mass is 10.1. The number of benzene rings is 2. The maximum atomic E-state index is 11.9. The van der Waals surface area contributed by atoms with Crippen molar-refractivity contribution >= 4 is 23.2 Å². The molecule has 2 amide bonds. The van der Waals surface area contributed by atoms with Gasteiger partial charge in [0.2, 0.25) is 11.8 Å². The summed E-state index contributed by atoms with van der Waals surface area (Å²) in [5.41, 5.74) is 4.16. The van der Waals surface area contributed by atoms with Crippen molar-refractivity contribution < 1.29 is 9.59 Å². The summed E-state index contributed by atoms with van der Waals surface area (Å²) in [6.07, 6.45) is 0. The van der Waals surface area contributed by atoms with Gasteiger partial charge in [-0.2, -0.15) is 0 Å². The van der Waals surface area contributed by atoms with Crippen molar-refractivity contribution in [2.75, 3.05) is 29.4 Å². The minimum atomic E-state index is -0.0789. The van der Waals surface area contributed by atoms with Gasteiger partial charge < -0.3 is 15.1 Å². The van der Waals surface area contributed by atoms with Crippen LogP contribution in [0, 0.1) is 11.8 Å². The number of anilines is 2. The first-order valence-corrected chi connectivity index (χ1v) is 8.99. The fourth-order valence-corrected chi connectivity index (χ4v) is 3.14. The second-order valence-electron chi connectivity index (χ2n) is 6.49. The van der Waals surface area contributed by atoms with E-state index in [0.29, 0.717) is 13.1 Å². The maximum absolute atomic E-state index is 11.9. The summed E-state index contributed by atoms with van der Waals surface area (Å²) in [7, 11) is 0. The van der Waals surface area contributed by atoms with E-state index in [0.717, 1.165) is 30.0 Å². The van der Waals surface area contributed by atoms with Crippen LogP contribution >= 0.6 is 0 Å². The smallest absolute Gasteiger partial charge is 0.223 e. The van der Waals surface area contributed by atoms with Crippen molar-refractivity contribution in [2.24, 2.45) is 0 Å². The first-order valence-electron chi connectivity index (χ1n) is 8.99. The molecule has 5 nitrogen and oxygen atoms in total. The molecular weight excluding hydrogens is 338 g/mol. The Morgan fingerprint density at radius 2 is 1.70 bits per heavy atom.